The lowest BCUT2D eigenvalue weighted by Crippen LogP contribution is -2.47. The summed E-state index contributed by atoms with van der Waals surface area (Å²) in [6, 6.07) is 10.2. The zero-order valence-electron chi connectivity index (χ0n) is 17.4. The largest absolute Gasteiger partial charge is 0.478 e. The van der Waals surface area contributed by atoms with Crippen molar-refractivity contribution in [1.82, 2.24) is 10.2 Å². The van der Waals surface area contributed by atoms with Crippen LogP contribution in [0.4, 0.5) is 5.69 Å². The van der Waals surface area contributed by atoms with E-state index in [-0.39, 0.29) is 11.2 Å². The van der Waals surface area contributed by atoms with Crippen molar-refractivity contribution < 1.29 is 33.8 Å². The molecule has 33 heavy (non-hydrogen) atoms. The van der Waals surface area contributed by atoms with Crippen molar-refractivity contribution in [2.45, 2.75) is 26.1 Å². The summed E-state index contributed by atoms with van der Waals surface area (Å²) < 4.78 is 9.53. The first-order chi connectivity index (χ1) is 15.7. The molecule has 1 aliphatic rings. The molecule has 0 spiro atoms. The van der Waals surface area contributed by atoms with E-state index >= 15 is 0 Å². The second kappa shape index (κ2) is 8.19. The number of carboxylic acid groups (broad SMARTS) is 1. The Hall–Kier alpha value is -4.54. The van der Waals surface area contributed by atoms with Crippen molar-refractivity contribution in [1.29, 1.82) is 0 Å². The summed E-state index contributed by atoms with van der Waals surface area (Å²) >= 11 is 0. The van der Waals surface area contributed by atoms with Crippen molar-refractivity contribution in [3.63, 3.8) is 0 Å². The van der Waals surface area contributed by atoms with Gasteiger partial charge in [0.05, 0.1) is 11.1 Å². The van der Waals surface area contributed by atoms with Crippen LogP contribution in [0.25, 0.3) is 33.2 Å². The molecule has 168 valence electrons. The number of nitrogens with zero attached hydrogens (tertiary/aromatic N) is 1. The lowest BCUT2D eigenvalue weighted by atomic mass is 10.0. The maximum absolute atomic E-state index is 12.8. The molecule has 4 rings (SSSR count). The Balaban J connectivity index is 1.69. The van der Waals surface area contributed by atoms with Crippen LogP contribution in [0.15, 0.2) is 41.2 Å². The number of anilines is 1. The molecule has 1 heterocycles. The first kappa shape index (κ1) is 21.7. The molecule has 3 aromatic rings. The third-order valence-electron chi connectivity index (χ3n) is 5.01. The van der Waals surface area contributed by atoms with Crippen molar-refractivity contribution in [2.75, 3.05) is 5.32 Å². The van der Waals surface area contributed by atoms with Gasteiger partial charge in [0.2, 0.25) is 12.2 Å². The van der Waals surface area contributed by atoms with E-state index in [1.54, 1.807) is 30.3 Å². The van der Waals surface area contributed by atoms with Gasteiger partial charge in [-0.15, -0.1) is 0 Å². The van der Waals surface area contributed by atoms with Crippen LogP contribution in [0.5, 0.6) is 0 Å². The topological polar surface area (TPSA) is 165 Å². The van der Waals surface area contributed by atoms with Crippen LogP contribution in [0, 0.1) is 0 Å². The highest BCUT2D eigenvalue weighted by molar-refractivity contribution is 6.14. The average molecular weight is 451 g/mol. The van der Waals surface area contributed by atoms with E-state index in [1.807, 2.05) is 6.07 Å². The Bertz CT molecular complexity index is 1390. The number of aliphatic carboxylic acids is 1. The summed E-state index contributed by atoms with van der Waals surface area (Å²) in [4.78, 5) is 59.3. The fourth-order valence-corrected chi connectivity index (χ4v) is 3.76. The third kappa shape index (κ3) is 3.91. The minimum Gasteiger partial charge on any atom is -0.478 e. The van der Waals surface area contributed by atoms with Gasteiger partial charge in [0.25, 0.3) is 11.5 Å². The smallest absolute Gasteiger partial charge is 0.349 e. The van der Waals surface area contributed by atoms with E-state index in [0.29, 0.717) is 22.0 Å². The number of ether oxygens (including phenoxy) is 2. The summed E-state index contributed by atoms with van der Waals surface area (Å²) in [5.41, 5.74) is 2.68. The molecular formula is C22H17N3O8. The molecule has 3 N–H and O–H groups in total. The van der Waals surface area contributed by atoms with Gasteiger partial charge in [-0.2, -0.15) is 5.10 Å². The number of aromatic nitrogens is 2. The number of H-pyrrole nitrogens is 1. The fourth-order valence-electron chi connectivity index (χ4n) is 3.76. The summed E-state index contributed by atoms with van der Waals surface area (Å²) in [5.74, 6) is -4.56. The van der Waals surface area contributed by atoms with E-state index in [0.717, 1.165) is 25.0 Å². The monoisotopic (exact) mass is 451 g/mol. The second-order valence-corrected chi connectivity index (χ2v) is 7.28. The van der Waals surface area contributed by atoms with Crippen molar-refractivity contribution >= 4 is 40.3 Å². The maximum atomic E-state index is 12.8. The lowest BCUT2D eigenvalue weighted by Gasteiger charge is -2.22. The van der Waals surface area contributed by atoms with Gasteiger partial charge in [0.15, 0.2) is 0 Å². The number of carboxylic acids is 1. The molecule has 11 heteroatoms. The highest BCUT2D eigenvalue weighted by Crippen LogP contribution is 2.45. The highest BCUT2D eigenvalue weighted by atomic mass is 16.6. The minimum absolute atomic E-state index is 0.247. The Kier molecular flexibility index (Phi) is 5.38. The number of esters is 2. The van der Waals surface area contributed by atoms with Gasteiger partial charge in [-0.05, 0) is 29.3 Å². The van der Waals surface area contributed by atoms with Gasteiger partial charge in [-0.1, -0.05) is 18.2 Å². The number of fused-ring (bicyclic) bond motifs is 3. The second-order valence-electron chi connectivity index (χ2n) is 7.28. The Morgan fingerprint density at radius 3 is 2.33 bits per heavy atom. The van der Waals surface area contributed by atoms with Crippen molar-refractivity contribution in [3.8, 4) is 22.4 Å². The van der Waals surface area contributed by atoms with Gasteiger partial charge in [0, 0.05) is 30.5 Å². The molecule has 1 aromatic heterocycles. The minimum atomic E-state index is -2.04. The predicted octanol–water partition coefficient (Wildman–Crippen LogP) is 1.46. The molecule has 0 bridgehead atoms. The Morgan fingerprint density at radius 1 is 0.970 bits per heavy atom. The first-order valence-corrected chi connectivity index (χ1v) is 9.71. The molecular weight excluding hydrogens is 434 g/mol. The van der Waals surface area contributed by atoms with Gasteiger partial charge in [-0.3, -0.25) is 19.2 Å². The molecule has 11 nitrogen and oxygen atoms in total. The van der Waals surface area contributed by atoms with E-state index in [4.69, 9.17) is 4.74 Å². The van der Waals surface area contributed by atoms with Gasteiger partial charge < -0.3 is 19.9 Å². The molecule has 0 fully saturated rings. The van der Waals surface area contributed by atoms with Crippen molar-refractivity contribution in [3.05, 3.63) is 46.8 Å². The number of hydrogen-bond acceptors (Lipinski definition) is 8. The molecule has 1 amide bonds. The highest BCUT2D eigenvalue weighted by Gasteiger charge is 2.39. The molecule has 1 aliphatic carbocycles. The van der Waals surface area contributed by atoms with Crippen LogP contribution >= 0.6 is 0 Å². The van der Waals surface area contributed by atoms with Crippen LogP contribution in [0.1, 0.15) is 13.8 Å². The molecule has 0 aliphatic heterocycles. The number of amides is 1. The van der Waals surface area contributed by atoms with Gasteiger partial charge in [0.1, 0.15) is 0 Å². The van der Waals surface area contributed by atoms with E-state index in [2.05, 4.69) is 20.3 Å². The van der Waals surface area contributed by atoms with E-state index in [1.165, 1.54) is 0 Å². The van der Waals surface area contributed by atoms with E-state index in [9.17, 15) is 29.1 Å². The zero-order valence-corrected chi connectivity index (χ0v) is 17.4. The van der Waals surface area contributed by atoms with Crippen LogP contribution in [-0.4, -0.2) is 51.3 Å². The maximum Gasteiger partial charge on any atom is 0.349 e. The molecule has 2 aromatic carbocycles. The quantitative estimate of drug-likeness (QED) is 0.368. The fraction of sp³-hybridized carbons (Fsp3) is 0.182. The predicted molar refractivity (Wildman–Crippen MR) is 114 cm³/mol. The summed E-state index contributed by atoms with van der Waals surface area (Å²) in [7, 11) is 0. The van der Waals surface area contributed by atoms with Crippen molar-refractivity contribution in [2.24, 2.45) is 0 Å². The van der Waals surface area contributed by atoms with Crippen LogP contribution in [0.3, 0.4) is 0 Å². The van der Waals surface area contributed by atoms with Gasteiger partial charge >= 0.3 is 17.9 Å². The molecule has 2 atom stereocenters. The van der Waals surface area contributed by atoms with Crippen LogP contribution in [0.2, 0.25) is 0 Å². The van der Waals surface area contributed by atoms with Crippen LogP contribution < -0.4 is 10.9 Å². The lowest BCUT2D eigenvalue weighted by molar-refractivity contribution is -0.179. The van der Waals surface area contributed by atoms with Crippen LogP contribution in [-0.2, 0) is 28.7 Å². The molecule has 2 unspecified atom stereocenters. The normalized spacial score (nSPS) is 13.0. The summed E-state index contributed by atoms with van der Waals surface area (Å²) in [6.45, 7) is 1.96. The number of hydrogen-bond donors (Lipinski definition) is 3. The Labute approximate surface area is 185 Å². The number of nitrogens with one attached hydrogen (secondary N) is 2. The summed E-state index contributed by atoms with van der Waals surface area (Å²) in [5, 5.41) is 19.6. The number of carbonyl (C=O) groups is 4. The number of benzene rings is 2. The number of rotatable bonds is 6. The standard InChI is InChI=1S/C22H17N3O8/c1-9(26)32-18(19(22(30)31)33-10(2)27)21(29)23-11-6-7-12-13-4-3-5-14-16(13)17(15(12)8-11)24-25-20(14)28/h3-8,18-19H,1-2H3,(H,23,29)(H,25,28)(H,30,31). The SMILES string of the molecule is CC(=O)OC(C(=O)O)C(OC(C)=O)C(=O)Nc1ccc2c(c1)-c1n[nH]c(=O)c3cccc-2c13. The number of aromatic amines is 1. The average Bonchev–Trinajstić information content (AvgIpc) is 3.07. The Morgan fingerprint density at radius 2 is 1.67 bits per heavy atom. The number of carbonyl (C=O) groups excluding carboxylic acids is 3. The van der Waals surface area contributed by atoms with Gasteiger partial charge in [-0.25, -0.2) is 9.89 Å². The first-order valence-electron chi connectivity index (χ1n) is 9.71. The third-order valence-corrected chi connectivity index (χ3v) is 5.01. The van der Waals surface area contributed by atoms with E-state index < -0.39 is 36.0 Å². The summed E-state index contributed by atoms with van der Waals surface area (Å²) in [6.07, 6.45) is -3.96. The molecule has 0 saturated heterocycles. The zero-order chi connectivity index (χ0) is 23.9. The molecule has 0 saturated carbocycles. The molecule has 0 radical (unpaired) electrons.